The molecule has 0 saturated carbocycles. The summed E-state index contributed by atoms with van der Waals surface area (Å²) in [6, 6.07) is 10.6. The number of hydrogen-bond donors (Lipinski definition) is 0. The zero-order valence-electron chi connectivity index (χ0n) is 11.5. The lowest BCUT2D eigenvalue weighted by Crippen LogP contribution is -2.44. The van der Waals surface area contributed by atoms with Gasteiger partial charge in [0, 0.05) is 25.0 Å². The van der Waals surface area contributed by atoms with Crippen molar-refractivity contribution in [1.82, 2.24) is 0 Å². The Morgan fingerprint density at radius 1 is 1.33 bits per heavy atom. The lowest BCUT2D eigenvalue weighted by Gasteiger charge is -2.32. The standard InChI is InChI=1S/C15H24NO2/c1-3-17-15-10-7-11-16(2,13-18-15)12-14-8-5-4-6-9-14/h4-6,8-9,15H,3,7,10-13H2,1-2H3/q+1. The van der Waals surface area contributed by atoms with Gasteiger partial charge in [-0.2, -0.15) is 0 Å². The van der Waals surface area contributed by atoms with Crippen LogP contribution in [0.3, 0.4) is 0 Å². The smallest absolute Gasteiger partial charge is 0.186 e. The van der Waals surface area contributed by atoms with E-state index in [9.17, 15) is 0 Å². The molecule has 1 aromatic rings. The monoisotopic (exact) mass is 250 g/mol. The first-order valence-electron chi connectivity index (χ1n) is 6.82. The maximum Gasteiger partial charge on any atom is 0.186 e. The Kier molecular flexibility index (Phi) is 4.75. The van der Waals surface area contributed by atoms with Crippen LogP contribution < -0.4 is 0 Å². The van der Waals surface area contributed by atoms with Crippen molar-refractivity contribution in [2.24, 2.45) is 0 Å². The van der Waals surface area contributed by atoms with E-state index >= 15 is 0 Å². The zero-order chi connectivity index (χ0) is 12.8. The van der Waals surface area contributed by atoms with Crippen LogP contribution in [0.1, 0.15) is 25.3 Å². The second-order valence-electron chi connectivity index (χ2n) is 5.31. The Balaban J connectivity index is 1.95. The van der Waals surface area contributed by atoms with Crippen molar-refractivity contribution in [2.45, 2.75) is 32.6 Å². The van der Waals surface area contributed by atoms with E-state index in [1.807, 2.05) is 6.92 Å². The molecular formula is C15H24NO2+. The minimum atomic E-state index is -0.00859. The van der Waals surface area contributed by atoms with Crippen molar-refractivity contribution >= 4 is 0 Å². The zero-order valence-corrected chi connectivity index (χ0v) is 11.5. The van der Waals surface area contributed by atoms with Crippen molar-refractivity contribution in [3.63, 3.8) is 0 Å². The summed E-state index contributed by atoms with van der Waals surface area (Å²) in [5, 5.41) is 0. The average Bonchev–Trinajstić information content (AvgIpc) is 2.54. The van der Waals surface area contributed by atoms with Gasteiger partial charge in [0.1, 0.15) is 6.54 Å². The molecule has 1 aromatic carbocycles. The molecular weight excluding hydrogens is 226 g/mol. The van der Waals surface area contributed by atoms with E-state index in [1.54, 1.807) is 0 Å². The predicted octanol–water partition coefficient (Wildman–Crippen LogP) is 2.76. The summed E-state index contributed by atoms with van der Waals surface area (Å²) in [7, 11) is 2.27. The van der Waals surface area contributed by atoms with Crippen LogP contribution in [0.4, 0.5) is 0 Å². The first-order valence-corrected chi connectivity index (χ1v) is 6.82. The van der Waals surface area contributed by atoms with E-state index in [1.165, 1.54) is 5.56 Å². The van der Waals surface area contributed by atoms with Gasteiger partial charge in [-0.25, -0.2) is 0 Å². The molecule has 0 aromatic heterocycles. The highest BCUT2D eigenvalue weighted by molar-refractivity contribution is 5.13. The summed E-state index contributed by atoms with van der Waals surface area (Å²) < 4.78 is 12.4. The Morgan fingerprint density at radius 2 is 2.11 bits per heavy atom. The molecule has 1 aliphatic rings. The Hall–Kier alpha value is -0.900. The number of ether oxygens (including phenoxy) is 2. The average molecular weight is 250 g/mol. The number of nitrogens with zero attached hydrogens (tertiary/aromatic N) is 1. The van der Waals surface area contributed by atoms with Gasteiger partial charge in [0.25, 0.3) is 0 Å². The van der Waals surface area contributed by atoms with Gasteiger partial charge >= 0.3 is 0 Å². The molecule has 1 fully saturated rings. The number of rotatable bonds is 4. The molecule has 0 radical (unpaired) electrons. The fourth-order valence-corrected chi connectivity index (χ4v) is 2.52. The van der Waals surface area contributed by atoms with Gasteiger partial charge in [-0.05, 0) is 6.92 Å². The Labute approximate surface area is 110 Å². The van der Waals surface area contributed by atoms with E-state index in [0.29, 0.717) is 0 Å². The summed E-state index contributed by atoms with van der Waals surface area (Å²) in [6.07, 6.45) is 2.16. The number of quaternary nitrogens is 1. The largest absolute Gasteiger partial charge is 0.353 e. The summed E-state index contributed by atoms with van der Waals surface area (Å²) in [5.74, 6) is 0. The van der Waals surface area contributed by atoms with Crippen molar-refractivity contribution in [1.29, 1.82) is 0 Å². The fraction of sp³-hybridized carbons (Fsp3) is 0.600. The van der Waals surface area contributed by atoms with Crippen LogP contribution in [0.15, 0.2) is 30.3 Å². The maximum absolute atomic E-state index is 5.88. The van der Waals surface area contributed by atoms with E-state index in [4.69, 9.17) is 9.47 Å². The third-order valence-corrected chi connectivity index (χ3v) is 3.47. The highest BCUT2D eigenvalue weighted by Crippen LogP contribution is 2.20. The van der Waals surface area contributed by atoms with Crippen molar-refractivity contribution in [2.75, 3.05) is 26.9 Å². The highest BCUT2D eigenvalue weighted by Gasteiger charge is 2.28. The van der Waals surface area contributed by atoms with Gasteiger partial charge in [-0.15, -0.1) is 0 Å². The molecule has 3 heteroatoms. The molecule has 0 aliphatic carbocycles. The van der Waals surface area contributed by atoms with Crippen molar-refractivity contribution in [3.8, 4) is 0 Å². The molecule has 18 heavy (non-hydrogen) atoms. The van der Waals surface area contributed by atoms with Gasteiger partial charge in [0.05, 0.1) is 13.6 Å². The van der Waals surface area contributed by atoms with Crippen LogP contribution in [0.2, 0.25) is 0 Å². The normalized spacial score (nSPS) is 28.9. The Bertz CT molecular complexity index is 355. The number of benzene rings is 1. The van der Waals surface area contributed by atoms with Crippen LogP contribution in [0, 0.1) is 0 Å². The number of hydrogen-bond acceptors (Lipinski definition) is 2. The molecule has 100 valence electrons. The van der Waals surface area contributed by atoms with E-state index < -0.39 is 0 Å². The second-order valence-corrected chi connectivity index (χ2v) is 5.31. The summed E-state index contributed by atoms with van der Waals surface area (Å²) in [6.45, 7) is 5.66. The summed E-state index contributed by atoms with van der Waals surface area (Å²) >= 11 is 0. The molecule has 0 N–H and O–H groups in total. The first-order chi connectivity index (χ1) is 8.72. The molecule has 1 aliphatic heterocycles. The maximum atomic E-state index is 5.88. The minimum absolute atomic E-state index is 0.00859. The molecule has 0 spiro atoms. The molecule has 3 nitrogen and oxygen atoms in total. The quantitative estimate of drug-likeness (QED) is 0.765. The second kappa shape index (κ2) is 6.32. The van der Waals surface area contributed by atoms with Gasteiger partial charge in [-0.1, -0.05) is 30.3 Å². The van der Waals surface area contributed by atoms with E-state index in [0.717, 1.165) is 43.8 Å². The van der Waals surface area contributed by atoms with Gasteiger partial charge in [0.2, 0.25) is 0 Å². The molecule has 2 unspecified atom stereocenters. The summed E-state index contributed by atoms with van der Waals surface area (Å²) in [5.41, 5.74) is 1.37. The first kappa shape index (κ1) is 13.5. The van der Waals surface area contributed by atoms with Gasteiger partial charge in [0.15, 0.2) is 13.0 Å². The van der Waals surface area contributed by atoms with Crippen molar-refractivity contribution in [3.05, 3.63) is 35.9 Å². The van der Waals surface area contributed by atoms with E-state index in [-0.39, 0.29) is 6.29 Å². The third-order valence-electron chi connectivity index (χ3n) is 3.47. The van der Waals surface area contributed by atoms with E-state index in [2.05, 4.69) is 37.4 Å². The topological polar surface area (TPSA) is 18.5 Å². The molecule has 2 rings (SSSR count). The molecule has 0 bridgehead atoms. The molecule has 1 heterocycles. The van der Waals surface area contributed by atoms with Crippen LogP contribution in [-0.4, -0.2) is 37.7 Å². The van der Waals surface area contributed by atoms with Crippen LogP contribution in [0.5, 0.6) is 0 Å². The molecule has 2 atom stereocenters. The van der Waals surface area contributed by atoms with Crippen molar-refractivity contribution < 1.29 is 14.0 Å². The van der Waals surface area contributed by atoms with Crippen LogP contribution in [-0.2, 0) is 16.0 Å². The lowest BCUT2D eigenvalue weighted by molar-refractivity contribution is -0.939. The van der Waals surface area contributed by atoms with Gasteiger partial charge in [-0.3, -0.25) is 4.48 Å². The SMILES string of the molecule is CCOC1CCC[N+](C)(Cc2ccccc2)CO1. The summed E-state index contributed by atoms with van der Waals surface area (Å²) in [4.78, 5) is 0. The Morgan fingerprint density at radius 3 is 2.83 bits per heavy atom. The fourth-order valence-electron chi connectivity index (χ4n) is 2.52. The minimum Gasteiger partial charge on any atom is -0.353 e. The van der Waals surface area contributed by atoms with Crippen LogP contribution >= 0.6 is 0 Å². The van der Waals surface area contributed by atoms with Crippen LogP contribution in [0.25, 0.3) is 0 Å². The molecule has 1 saturated heterocycles. The highest BCUT2D eigenvalue weighted by atomic mass is 16.7. The third kappa shape index (κ3) is 3.80. The predicted molar refractivity (Wildman–Crippen MR) is 71.8 cm³/mol. The molecule has 0 amide bonds. The lowest BCUT2D eigenvalue weighted by atomic mass is 10.2. The van der Waals surface area contributed by atoms with Gasteiger partial charge < -0.3 is 9.47 Å².